The molecule has 0 spiro atoms. The largest absolute Gasteiger partial charge is 0.492 e. The number of ether oxygens (including phenoxy) is 1. The summed E-state index contributed by atoms with van der Waals surface area (Å²) < 4.78 is 6.41. The van der Waals surface area contributed by atoms with Gasteiger partial charge in [0, 0.05) is 23.4 Å². The summed E-state index contributed by atoms with van der Waals surface area (Å²) in [5.41, 5.74) is 2.86. The predicted octanol–water partition coefficient (Wildman–Crippen LogP) is 6.33. The van der Waals surface area contributed by atoms with Gasteiger partial charge >= 0.3 is 0 Å². The van der Waals surface area contributed by atoms with E-state index in [1.807, 2.05) is 30.3 Å². The van der Waals surface area contributed by atoms with E-state index in [9.17, 15) is 9.59 Å². The number of unbranched alkanes of at least 4 members (excludes halogenated alkanes) is 1. The van der Waals surface area contributed by atoms with Crippen LogP contribution in [0.25, 0.3) is 0 Å². The summed E-state index contributed by atoms with van der Waals surface area (Å²) in [5.74, 6) is 0.279. The molecule has 3 aromatic carbocycles. The summed E-state index contributed by atoms with van der Waals surface area (Å²) in [6.07, 6.45) is 3.07. The maximum atomic E-state index is 12.6. The average Bonchev–Trinajstić information content (AvgIpc) is 2.84. The van der Waals surface area contributed by atoms with Crippen molar-refractivity contribution in [2.45, 2.75) is 32.6 Å². The molecule has 0 heterocycles. The number of hydrogen-bond acceptors (Lipinski definition) is 4. The molecule has 0 saturated carbocycles. The Morgan fingerprint density at radius 1 is 0.943 bits per heavy atom. The summed E-state index contributed by atoms with van der Waals surface area (Å²) in [5, 5.41) is 8.71. The van der Waals surface area contributed by atoms with Gasteiger partial charge in [0.15, 0.2) is 5.11 Å². The van der Waals surface area contributed by atoms with E-state index < -0.39 is 0 Å². The SMILES string of the molecule is CCCCOc1ccc(C(=O)NC(=S)Nc2cccc(NC(=O)CCc3ccccc3)c2)cc1Br. The second-order valence-corrected chi connectivity index (χ2v) is 9.13. The van der Waals surface area contributed by atoms with Gasteiger partial charge in [0.25, 0.3) is 5.91 Å². The van der Waals surface area contributed by atoms with Crippen LogP contribution in [0.2, 0.25) is 0 Å². The molecule has 35 heavy (non-hydrogen) atoms. The summed E-state index contributed by atoms with van der Waals surface area (Å²) >= 11 is 8.75. The van der Waals surface area contributed by atoms with Crippen molar-refractivity contribution in [3.8, 4) is 5.75 Å². The fourth-order valence-electron chi connectivity index (χ4n) is 3.22. The molecule has 182 valence electrons. The van der Waals surface area contributed by atoms with Crippen molar-refractivity contribution >= 4 is 56.4 Å². The van der Waals surface area contributed by atoms with E-state index in [-0.39, 0.29) is 16.9 Å². The fraction of sp³-hybridized carbons (Fsp3) is 0.222. The Balaban J connectivity index is 1.50. The molecule has 3 aromatic rings. The maximum Gasteiger partial charge on any atom is 0.257 e. The second kappa shape index (κ2) is 13.6. The van der Waals surface area contributed by atoms with Crippen molar-refractivity contribution in [2.75, 3.05) is 17.2 Å². The standard InChI is InChI=1S/C27H28BrN3O3S/c1-2-3-16-34-24-14-13-20(17-23(24)28)26(33)31-27(35)30-22-11-7-10-21(18-22)29-25(32)15-12-19-8-5-4-6-9-19/h4-11,13-14,17-18H,2-3,12,15-16H2,1H3,(H,29,32)(H2,30,31,33,35). The molecular formula is C27H28BrN3O3S. The van der Waals surface area contributed by atoms with Crippen LogP contribution in [0.3, 0.4) is 0 Å². The van der Waals surface area contributed by atoms with Crippen LogP contribution in [-0.4, -0.2) is 23.5 Å². The first-order valence-electron chi connectivity index (χ1n) is 11.4. The number of aryl methyl sites for hydroxylation is 1. The van der Waals surface area contributed by atoms with Gasteiger partial charge in [-0.2, -0.15) is 0 Å². The van der Waals surface area contributed by atoms with Crippen LogP contribution in [0.1, 0.15) is 42.1 Å². The Hall–Kier alpha value is -3.23. The molecule has 3 rings (SSSR count). The Morgan fingerprint density at radius 2 is 1.69 bits per heavy atom. The molecule has 3 N–H and O–H groups in total. The van der Waals surface area contributed by atoms with Gasteiger partial charge in [-0.15, -0.1) is 0 Å². The summed E-state index contributed by atoms with van der Waals surface area (Å²) in [6, 6.07) is 22.2. The number of carbonyl (C=O) groups is 2. The lowest BCUT2D eigenvalue weighted by Crippen LogP contribution is -2.34. The van der Waals surface area contributed by atoms with E-state index in [2.05, 4.69) is 38.8 Å². The first-order valence-corrected chi connectivity index (χ1v) is 12.6. The van der Waals surface area contributed by atoms with E-state index >= 15 is 0 Å². The van der Waals surface area contributed by atoms with Gasteiger partial charge in [0.05, 0.1) is 11.1 Å². The highest BCUT2D eigenvalue weighted by Crippen LogP contribution is 2.26. The highest BCUT2D eigenvalue weighted by atomic mass is 79.9. The van der Waals surface area contributed by atoms with Crippen molar-refractivity contribution in [3.05, 3.63) is 88.4 Å². The van der Waals surface area contributed by atoms with E-state index in [4.69, 9.17) is 17.0 Å². The quantitative estimate of drug-likeness (QED) is 0.202. The zero-order valence-electron chi connectivity index (χ0n) is 19.5. The average molecular weight is 555 g/mol. The molecule has 0 aliphatic rings. The molecule has 0 bridgehead atoms. The van der Waals surface area contributed by atoms with Crippen molar-refractivity contribution < 1.29 is 14.3 Å². The van der Waals surface area contributed by atoms with Crippen LogP contribution in [0.4, 0.5) is 11.4 Å². The highest BCUT2D eigenvalue weighted by Gasteiger charge is 2.12. The van der Waals surface area contributed by atoms with Crippen LogP contribution >= 0.6 is 28.1 Å². The molecule has 0 fully saturated rings. The van der Waals surface area contributed by atoms with Crippen LogP contribution in [0.15, 0.2) is 77.3 Å². The normalized spacial score (nSPS) is 10.3. The highest BCUT2D eigenvalue weighted by molar-refractivity contribution is 9.10. The minimum Gasteiger partial charge on any atom is -0.492 e. The molecule has 0 atom stereocenters. The lowest BCUT2D eigenvalue weighted by molar-refractivity contribution is -0.116. The number of anilines is 2. The van der Waals surface area contributed by atoms with Gasteiger partial charge in [-0.05, 0) is 83.0 Å². The minimum absolute atomic E-state index is 0.0745. The van der Waals surface area contributed by atoms with Gasteiger partial charge in [0.2, 0.25) is 5.91 Å². The number of halogens is 1. The molecule has 0 unspecified atom stereocenters. The second-order valence-electron chi connectivity index (χ2n) is 7.87. The number of hydrogen-bond donors (Lipinski definition) is 3. The summed E-state index contributed by atoms with van der Waals surface area (Å²) in [7, 11) is 0. The van der Waals surface area contributed by atoms with Crippen LogP contribution in [0, 0.1) is 0 Å². The van der Waals surface area contributed by atoms with Crippen molar-refractivity contribution in [1.82, 2.24) is 5.32 Å². The zero-order valence-corrected chi connectivity index (χ0v) is 21.9. The van der Waals surface area contributed by atoms with Gasteiger partial charge in [0.1, 0.15) is 5.75 Å². The lowest BCUT2D eigenvalue weighted by Gasteiger charge is -2.12. The van der Waals surface area contributed by atoms with Crippen LogP contribution < -0.4 is 20.7 Å². The van der Waals surface area contributed by atoms with Crippen molar-refractivity contribution in [2.24, 2.45) is 0 Å². The Morgan fingerprint density at radius 3 is 2.40 bits per heavy atom. The smallest absolute Gasteiger partial charge is 0.257 e. The molecule has 0 aliphatic heterocycles. The van der Waals surface area contributed by atoms with Crippen LogP contribution in [-0.2, 0) is 11.2 Å². The van der Waals surface area contributed by atoms with Gasteiger partial charge in [-0.3, -0.25) is 14.9 Å². The Kier molecular flexibility index (Phi) is 10.3. The number of nitrogens with one attached hydrogen (secondary N) is 3. The van der Waals surface area contributed by atoms with Gasteiger partial charge in [-0.1, -0.05) is 49.7 Å². The molecule has 0 saturated heterocycles. The molecule has 0 aromatic heterocycles. The first kappa shape index (κ1) is 26.4. The minimum atomic E-state index is -0.339. The molecular weight excluding hydrogens is 526 g/mol. The molecule has 0 aliphatic carbocycles. The van der Waals surface area contributed by atoms with Gasteiger partial charge < -0.3 is 15.4 Å². The van der Waals surface area contributed by atoms with E-state index in [0.717, 1.165) is 18.4 Å². The Labute approximate surface area is 219 Å². The fourth-order valence-corrected chi connectivity index (χ4v) is 3.93. The monoisotopic (exact) mass is 553 g/mol. The summed E-state index contributed by atoms with van der Waals surface area (Å²) in [4.78, 5) is 24.9. The number of amides is 2. The topological polar surface area (TPSA) is 79.5 Å². The molecule has 6 nitrogen and oxygen atoms in total. The van der Waals surface area contributed by atoms with E-state index in [1.54, 1.807) is 42.5 Å². The lowest BCUT2D eigenvalue weighted by atomic mass is 10.1. The zero-order chi connectivity index (χ0) is 25.0. The number of carbonyl (C=O) groups excluding carboxylic acids is 2. The molecule has 8 heteroatoms. The van der Waals surface area contributed by atoms with E-state index in [1.165, 1.54) is 0 Å². The molecule has 2 amide bonds. The molecule has 0 radical (unpaired) electrons. The maximum absolute atomic E-state index is 12.6. The predicted molar refractivity (Wildman–Crippen MR) is 148 cm³/mol. The third kappa shape index (κ3) is 8.81. The third-order valence-corrected chi connectivity index (χ3v) is 5.89. The number of rotatable bonds is 10. The Bertz CT molecular complexity index is 1170. The van der Waals surface area contributed by atoms with Crippen molar-refractivity contribution in [1.29, 1.82) is 0 Å². The summed E-state index contributed by atoms with van der Waals surface area (Å²) in [6.45, 7) is 2.73. The van der Waals surface area contributed by atoms with Gasteiger partial charge in [-0.25, -0.2) is 0 Å². The van der Waals surface area contributed by atoms with E-state index in [0.29, 0.717) is 46.6 Å². The van der Waals surface area contributed by atoms with Crippen molar-refractivity contribution in [3.63, 3.8) is 0 Å². The number of thiocarbonyl (C=S) groups is 1. The first-order chi connectivity index (χ1) is 16.9. The number of benzene rings is 3. The van der Waals surface area contributed by atoms with Crippen LogP contribution in [0.5, 0.6) is 5.75 Å². The third-order valence-electron chi connectivity index (χ3n) is 5.06.